The van der Waals surface area contributed by atoms with E-state index in [4.69, 9.17) is 11.6 Å². The highest BCUT2D eigenvalue weighted by Crippen LogP contribution is 2.33. The zero-order chi connectivity index (χ0) is 14.9. The Kier molecular flexibility index (Phi) is 4.25. The van der Waals surface area contributed by atoms with Gasteiger partial charge in [-0.15, -0.1) is 0 Å². The predicted molar refractivity (Wildman–Crippen MR) is 73.8 cm³/mol. The molecule has 20 heavy (non-hydrogen) atoms. The minimum atomic E-state index is -0.577. The second-order valence-electron chi connectivity index (χ2n) is 5.01. The number of aliphatic hydroxyl groups is 1. The van der Waals surface area contributed by atoms with Gasteiger partial charge in [0.15, 0.2) is 0 Å². The summed E-state index contributed by atoms with van der Waals surface area (Å²) in [4.78, 5) is 23.7. The Balaban J connectivity index is 2.14. The Labute approximate surface area is 121 Å². The molecule has 1 aromatic rings. The van der Waals surface area contributed by atoms with Crippen LogP contribution in [0.2, 0.25) is 5.02 Å². The highest BCUT2D eigenvalue weighted by atomic mass is 35.5. The fourth-order valence-corrected chi connectivity index (χ4v) is 2.19. The molecular weight excluding hydrogens is 284 g/mol. The van der Waals surface area contributed by atoms with E-state index in [-0.39, 0.29) is 28.7 Å². The van der Waals surface area contributed by atoms with Crippen LogP contribution in [-0.4, -0.2) is 40.5 Å². The van der Waals surface area contributed by atoms with Crippen molar-refractivity contribution in [3.63, 3.8) is 0 Å². The average Bonchev–Trinajstić information content (AvgIpc) is 3.22. The molecule has 0 aromatic heterocycles. The molecule has 0 bridgehead atoms. The second-order valence-corrected chi connectivity index (χ2v) is 5.42. The van der Waals surface area contributed by atoms with Gasteiger partial charge in [0, 0.05) is 25.7 Å². The van der Waals surface area contributed by atoms with Crippen LogP contribution in [0.25, 0.3) is 0 Å². The molecule has 0 heterocycles. The highest BCUT2D eigenvalue weighted by molar-refractivity contribution is 6.33. The number of carbonyl (C=O) groups is 1. The summed E-state index contributed by atoms with van der Waals surface area (Å²) in [5.74, 6) is -0.177. The Hall–Kier alpha value is -1.66. The van der Waals surface area contributed by atoms with Crippen molar-refractivity contribution in [3.8, 4) is 0 Å². The number of nitrogens with zero attached hydrogens (tertiary/aromatic N) is 2. The van der Waals surface area contributed by atoms with Gasteiger partial charge < -0.3 is 10.0 Å². The number of hydrogen-bond donors (Lipinski definition) is 1. The van der Waals surface area contributed by atoms with E-state index in [0.29, 0.717) is 0 Å². The molecule has 2 rings (SSSR count). The Morgan fingerprint density at radius 2 is 2.25 bits per heavy atom. The van der Waals surface area contributed by atoms with Crippen molar-refractivity contribution in [3.05, 3.63) is 38.9 Å². The molecule has 0 spiro atoms. The quantitative estimate of drug-likeness (QED) is 0.666. The van der Waals surface area contributed by atoms with Crippen LogP contribution < -0.4 is 0 Å². The first kappa shape index (κ1) is 14.7. The summed E-state index contributed by atoms with van der Waals surface area (Å²) in [5, 5.41) is 20.7. The molecule has 1 aliphatic rings. The van der Waals surface area contributed by atoms with Gasteiger partial charge in [-0.2, -0.15) is 0 Å². The maximum atomic E-state index is 12.2. The molecule has 1 unspecified atom stereocenters. The van der Waals surface area contributed by atoms with Crippen LogP contribution in [0.3, 0.4) is 0 Å². The molecule has 1 aliphatic carbocycles. The molecular formula is C13H15ClN2O4. The van der Waals surface area contributed by atoms with Crippen LogP contribution in [0.1, 0.15) is 23.2 Å². The van der Waals surface area contributed by atoms with Gasteiger partial charge in [0.05, 0.1) is 21.6 Å². The summed E-state index contributed by atoms with van der Waals surface area (Å²) in [6, 6.07) is 3.74. The van der Waals surface area contributed by atoms with Crippen LogP contribution in [0.5, 0.6) is 0 Å². The molecule has 1 amide bonds. The molecule has 1 N–H and O–H groups in total. The molecule has 6 nitrogen and oxygen atoms in total. The molecule has 1 atom stereocenters. The maximum absolute atomic E-state index is 12.2. The number of carbonyl (C=O) groups excluding carboxylic acids is 1. The van der Waals surface area contributed by atoms with Crippen molar-refractivity contribution in [2.45, 2.75) is 18.9 Å². The summed E-state index contributed by atoms with van der Waals surface area (Å²) in [7, 11) is 1.54. The van der Waals surface area contributed by atoms with Gasteiger partial charge >= 0.3 is 0 Å². The molecule has 1 aromatic carbocycles. The number of halogens is 1. The summed E-state index contributed by atoms with van der Waals surface area (Å²) in [6.07, 6.45) is 1.39. The summed E-state index contributed by atoms with van der Waals surface area (Å²) >= 11 is 5.92. The van der Waals surface area contributed by atoms with Gasteiger partial charge in [-0.05, 0) is 24.8 Å². The van der Waals surface area contributed by atoms with E-state index in [9.17, 15) is 20.0 Å². The van der Waals surface area contributed by atoms with Gasteiger partial charge in [0.1, 0.15) is 0 Å². The topological polar surface area (TPSA) is 83.7 Å². The first-order chi connectivity index (χ1) is 9.40. The summed E-state index contributed by atoms with van der Waals surface area (Å²) < 4.78 is 0. The fraction of sp³-hybridized carbons (Fsp3) is 0.462. The van der Waals surface area contributed by atoms with Crippen LogP contribution in [0.4, 0.5) is 5.69 Å². The van der Waals surface area contributed by atoms with Crippen LogP contribution in [0, 0.1) is 16.0 Å². The van der Waals surface area contributed by atoms with Crippen molar-refractivity contribution in [2.24, 2.45) is 5.92 Å². The Morgan fingerprint density at radius 3 is 2.80 bits per heavy atom. The smallest absolute Gasteiger partial charge is 0.270 e. The molecule has 0 saturated heterocycles. The number of nitro benzene ring substituents is 1. The first-order valence-corrected chi connectivity index (χ1v) is 6.65. The van der Waals surface area contributed by atoms with E-state index in [0.717, 1.165) is 18.9 Å². The molecule has 0 radical (unpaired) electrons. The Bertz CT molecular complexity index is 545. The van der Waals surface area contributed by atoms with Gasteiger partial charge in [0.2, 0.25) is 0 Å². The highest BCUT2D eigenvalue weighted by Gasteiger charge is 2.31. The third kappa shape index (κ3) is 3.26. The number of likely N-dealkylation sites (N-methyl/N-ethyl adjacent to an activating group) is 1. The minimum absolute atomic E-state index is 0.0753. The molecule has 7 heteroatoms. The molecule has 1 fully saturated rings. The van der Waals surface area contributed by atoms with E-state index in [1.807, 2.05) is 0 Å². The lowest BCUT2D eigenvalue weighted by atomic mass is 10.1. The zero-order valence-electron chi connectivity index (χ0n) is 11.0. The third-order valence-electron chi connectivity index (χ3n) is 3.36. The van der Waals surface area contributed by atoms with Gasteiger partial charge in [-0.3, -0.25) is 14.9 Å². The fourth-order valence-electron chi connectivity index (χ4n) is 1.99. The number of rotatable bonds is 5. The van der Waals surface area contributed by atoms with Crippen molar-refractivity contribution in [1.29, 1.82) is 0 Å². The zero-order valence-corrected chi connectivity index (χ0v) is 11.7. The van der Waals surface area contributed by atoms with Gasteiger partial charge in [0.25, 0.3) is 11.6 Å². The lowest BCUT2D eigenvalue weighted by Crippen LogP contribution is -2.35. The normalized spacial score (nSPS) is 15.8. The van der Waals surface area contributed by atoms with Gasteiger partial charge in [-0.25, -0.2) is 0 Å². The molecule has 108 valence electrons. The van der Waals surface area contributed by atoms with Crippen LogP contribution in [0.15, 0.2) is 18.2 Å². The second kappa shape index (κ2) is 5.76. The van der Waals surface area contributed by atoms with E-state index >= 15 is 0 Å². The SMILES string of the molecule is CN(CC(O)C1CC1)C(=O)c1cc([N+](=O)[O-])ccc1Cl. The maximum Gasteiger partial charge on any atom is 0.270 e. The lowest BCUT2D eigenvalue weighted by Gasteiger charge is -2.21. The lowest BCUT2D eigenvalue weighted by molar-refractivity contribution is -0.384. The Morgan fingerprint density at radius 1 is 1.60 bits per heavy atom. The van der Waals surface area contributed by atoms with Crippen molar-refractivity contribution in [1.82, 2.24) is 4.90 Å². The van der Waals surface area contributed by atoms with Gasteiger partial charge in [-0.1, -0.05) is 11.6 Å². The molecule has 1 saturated carbocycles. The number of nitro groups is 1. The van der Waals surface area contributed by atoms with E-state index in [1.54, 1.807) is 7.05 Å². The van der Waals surface area contributed by atoms with E-state index in [2.05, 4.69) is 0 Å². The standard InChI is InChI=1S/C13H15ClN2O4/c1-15(7-12(17)8-2-3-8)13(18)10-6-9(16(19)20)4-5-11(10)14/h4-6,8,12,17H,2-3,7H2,1H3. The predicted octanol–water partition coefficient (Wildman–Crippen LogP) is 2.09. The largest absolute Gasteiger partial charge is 0.391 e. The van der Waals surface area contributed by atoms with E-state index in [1.165, 1.54) is 17.0 Å². The minimum Gasteiger partial charge on any atom is -0.391 e. The van der Waals surface area contributed by atoms with Crippen molar-refractivity contribution in [2.75, 3.05) is 13.6 Å². The van der Waals surface area contributed by atoms with Crippen molar-refractivity contribution >= 4 is 23.2 Å². The average molecular weight is 299 g/mol. The molecule has 0 aliphatic heterocycles. The van der Waals surface area contributed by atoms with Crippen molar-refractivity contribution < 1.29 is 14.8 Å². The summed E-state index contributed by atoms with van der Waals surface area (Å²) in [5.41, 5.74) is -0.111. The summed E-state index contributed by atoms with van der Waals surface area (Å²) in [6.45, 7) is 0.197. The number of amides is 1. The van der Waals surface area contributed by atoms with E-state index < -0.39 is 16.9 Å². The monoisotopic (exact) mass is 298 g/mol. The van der Waals surface area contributed by atoms with Crippen LogP contribution >= 0.6 is 11.6 Å². The number of benzene rings is 1. The van der Waals surface area contributed by atoms with Crippen LogP contribution in [-0.2, 0) is 0 Å². The number of non-ortho nitro benzene ring substituents is 1. The third-order valence-corrected chi connectivity index (χ3v) is 3.69. The number of hydrogen-bond acceptors (Lipinski definition) is 4. The first-order valence-electron chi connectivity index (χ1n) is 6.27. The number of aliphatic hydroxyl groups excluding tert-OH is 1.